The molecule has 31 heavy (non-hydrogen) atoms. The Bertz CT molecular complexity index is 1120. The van der Waals surface area contributed by atoms with Crippen molar-refractivity contribution in [2.45, 2.75) is 12.8 Å². The van der Waals surface area contributed by atoms with Crippen LogP contribution >= 0.6 is 0 Å². The molecule has 0 saturated heterocycles. The summed E-state index contributed by atoms with van der Waals surface area (Å²) < 4.78 is 0. The molecule has 3 heteroatoms. The van der Waals surface area contributed by atoms with Crippen LogP contribution in [0.1, 0.15) is 38.2 Å². The predicted octanol–water partition coefficient (Wildman–Crippen LogP) is 4.40. The van der Waals surface area contributed by atoms with E-state index in [9.17, 15) is 4.79 Å². The van der Waals surface area contributed by atoms with E-state index in [0.29, 0.717) is 5.56 Å². The Labute approximate surface area is 183 Å². The van der Waals surface area contributed by atoms with E-state index in [1.165, 1.54) is 33.4 Å². The number of carbonyl (C=O) groups is 1. The molecule has 0 heterocycles. The molecule has 0 unspecified atom stereocenters. The normalized spacial score (nSPS) is 15.8. The quantitative estimate of drug-likeness (QED) is 0.637. The lowest BCUT2D eigenvalue weighted by molar-refractivity contribution is 0.0945. The van der Waals surface area contributed by atoms with Gasteiger partial charge in [0.15, 0.2) is 0 Å². The molecule has 0 aromatic heterocycles. The number of nitrogens with one attached hydrogen (secondary N) is 1. The second kappa shape index (κ2) is 8.16. The Kier molecular flexibility index (Phi) is 5.21. The smallest absolute Gasteiger partial charge is 0.251 e. The van der Waals surface area contributed by atoms with Crippen molar-refractivity contribution in [2.75, 3.05) is 13.2 Å². The van der Waals surface area contributed by atoms with Crippen LogP contribution in [0.3, 0.4) is 0 Å². The zero-order chi connectivity index (χ0) is 21.3. The zero-order valence-corrected chi connectivity index (χ0v) is 17.3. The number of hydrogen-bond acceptors (Lipinski definition) is 2. The van der Waals surface area contributed by atoms with E-state index in [0.717, 1.165) is 12.8 Å². The van der Waals surface area contributed by atoms with Crippen LogP contribution in [0.5, 0.6) is 0 Å². The first kappa shape index (κ1) is 19.8. The van der Waals surface area contributed by atoms with Crippen LogP contribution in [0.2, 0.25) is 0 Å². The van der Waals surface area contributed by atoms with Gasteiger partial charge in [-0.3, -0.25) is 4.79 Å². The first-order chi connectivity index (χ1) is 15.2. The number of amides is 1. The summed E-state index contributed by atoms with van der Waals surface area (Å²) in [6, 6.07) is 25.0. The Morgan fingerprint density at radius 1 is 0.903 bits per heavy atom. The summed E-state index contributed by atoms with van der Waals surface area (Å²) in [5.74, 6) is -0.155. The van der Waals surface area contributed by atoms with Gasteiger partial charge in [-0.1, -0.05) is 72.3 Å². The molecule has 2 N–H and O–H groups in total. The van der Waals surface area contributed by atoms with Gasteiger partial charge in [-0.05, 0) is 52.8 Å². The van der Waals surface area contributed by atoms with Crippen molar-refractivity contribution >= 4 is 12.0 Å². The molecule has 0 fully saturated rings. The Morgan fingerprint density at radius 2 is 1.61 bits per heavy atom. The fourth-order valence-electron chi connectivity index (χ4n) is 4.77. The van der Waals surface area contributed by atoms with Crippen molar-refractivity contribution in [3.63, 3.8) is 0 Å². The average molecular weight is 408 g/mol. The molecule has 3 aromatic rings. The van der Waals surface area contributed by atoms with Gasteiger partial charge in [0.1, 0.15) is 0 Å². The molecule has 5 rings (SSSR count). The van der Waals surface area contributed by atoms with Crippen molar-refractivity contribution in [3.8, 4) is 0 Å². The topological polar surface area (TPSA) is 49.3 Å². The van der Waals surface area contributed by atoms with E-state index in [1.807, 2.05) is 12.1 Å². The first-order valence-corrected chi connectivity index (χ1v) is 10.7. The van der Waals surface area contributed by atoms with E-state index >= 15 is 0 Å². The molecule has 0 bridgehead atoms. The average Bonchev–Trinajstić information content (AvgIpc) is 3.40. The summed E-state index contributed by atoms with van der Waals surface area (Å²) in [5.41, 5.74) is 8.30. The summed E-state index contributed by atoms with van der Waals surface area (Å²) in [7, 11) is 0. The van der Waals surface area contributed by atoms with Gasteiger partial charge in [0, 0.05) is 30.4 Å². The molecule has 1 amide bonds. The first-order valence-electron chi connectivity index (χ1n) is 10.7. The number of carbonyl (C=O) groups excluding carboxylic acids is 1. The van der Waals surface area contributed by atoms with Gasteiger partial charge in [0.2, 0.25) is 0 Å². The highest BCUT2D eigenvalue weighted by atomic mass is 16.3. The van der Waals surface area contributed by atoms with Crippen LogP contribution in [0.15, 0.2) is 78.4 Å². The zero-order valence-electron chi connectivity index (χ0n) is 17.3. The van der Waals surface area contributed by atoms with Gasteiger partial charge in [0.05, 0.1) is 6.61 Å². The van der Waals surface area contributed by atoms with Gasteiger partial charge in [-0.15, -0.1) is 0 Å². The Hall–Kier alpha value is -3.17. The maximum absolute atomic E-state index is 12.2. The minimum atomic E-state index is -0.155. The summed E-state index contributed by atoms with van der Waals surface area (Å²) in [6.45, 7) is 0.207. The van der Waals surface area contributed by atoms with Crippen LogP contribution in [-0.4, -0.2) is 24.2 Å². The fraction of sp³-hybridized carbons (Fsp3) is 0.179. The van der Waals surface area contributed by atoms with Gasteiger partial charge >= 0.3 is 0 Å². The molecule has 2 aliphatic rings. The predicted molar refractivity (Wildman–Crippen MR) is 123 cm³/mol. The lowest BCUT2D eigenvalue weighted by Crippen LogP contribution is -2.27. The lowest BCUT2D eigenvalue weighted by atomic mass is 9.72. The van der Waals surface area contributed by atoms with Gasteiger partial charge in [-0.2, -0.15) is 0 Å². The van der Waals surface area contributed by atoms with Crippen molar-refractivity contribution in [3.05, 3.63) is 125 Å². The van der Waals surface area contributed by atoms with E-state index in [2.05, 4.69) is 84.9 Å². The van der Waals surface area contributed by atoms with E-state index in [-0.39, 0.29) is 24.5 Å². The molecular weight excluding hydrogens is 382 g/mol. The molecule has 3 nitrogen and oxygen atoms in total. The number of benzene rings is 3. The van der Waals surface area contributed by atoms with Crippen molar-refractivity contribution in [1.82, 2.24) is 5.32 Å². The van der Waals surface area contributed by atoms with Gasteiger partial charge in [-0.25, -0.2) is 0 Å². The number of fused-ring (bicyclic) bond motifs is 2. The lowest BCUT2D eigenvalue weighted by Gasteiger charge is -2.31. The minimum Gasteiger partial charge on any atom is -0.395 e. The molecule has 1 atom stereocenters. The maximum atomic E-state index is 12.2. The van der Waals surface area contributed by atoms with E-state index in [1.54, 1.807) is 0 Å². The Morgan fingerprint density at radius 3 is 2.32 bits per heavy atom. The Balaban J connectivity index is 1.44. The summed E-state index contributed by atoms with van der Waals surface area (Å²) in [5, 5.41) is 11.6. The maximum Gasteiger partial charge on any atom is 0.251 e. The van der Waals surface area contributed by atoms with Crippen LogP contribution in [0.4, 0.5) is 0 Å². The highest BCUT2D eigenvalue weighted by Gasteiger charge is 2.42. The molecule has 2 radical (unpaired) electrons. The number of rotatable bonds is 6. The summed E-state index contributed by atoms with van der Waals surface area (Å²) in [6.07, 6.45) is 8.93. The minimum absolute atomic E-state index is 0.0588. The van der Waals surface area contributed by atoms with Crippen LogP contribution in [-0.2, 0) is 12.8 Å². The van der Waals surface area contributed by atoms with Crippen LogP contribution in [0, 0.1) is 18.3 Å². The molecule has 0 spiro atoms. The van der Waals surface area contributed by atoms with Gasteiger partial charge < -0.3 is 10.4 Å². The van der Waals surface area contributed by atoms with Crippen LogP contribution in [0.25, 0.3) is 6.08 Å². The number of hydrogen-bond donors (Lipinski definition) is 2. The standard InChI is InChI=1S/C28H25NO2/c30-14-13-29-27(31)21-11-9-20(10-12-21)17-28(18-24-7-3-4-8-25(24)19-28)26-15-22-5-1-2-6-23(22)16-26/h1-12,15-16,18,30H,13-14,17,19H2,(H,29,31)/t28-/m1/s1. The SMILES string of the molecule is O=C(NCCO)c1ccc(C[C@@]2(C3=Cc4ccccc4[CH]3)[CH]c3ccccc3C2)cc1. The molecule has 0 saturated carbocycles. The fourth-order valence-corrected chi connectivity index (χ4v) is 4.77. The highest BCUT2D eigenvalue weighted by molar-refractivity contribution is 5.94. The molecule has 0 aliphatic heterocycles. The van der Waals surface area contributed by atoms with Crippen molar-refractivity contribution in [1.29, 1.82) is 0 Å². The molecular formula is C28H25NO2. The highest BCUT2D eigenvalue weighted by Crippen LogP contribution is 2.50. The second-order valence-electron chi connectivity index (χ2n) is 8.40. The summed E-state index contributed by atoms with van der Waals surface area (Å²) in [4.78, 5) is 12.2. The van der Waals surface area contributed by atoms with Gasteiger partial charge in [0.25, 0.3) is 5.91 Å². The van der Waals surface area contributed by atoms with Crippen molar-refractivity contribution in [2.24, 2.45) is 5.41 Å². The summed E-state index contributed by atoms with van der Waals surface area (Å²) >= 11 is 0. The third-order valence-electron chi connectivity index (χ3n) is 6.32. The molecule has 3 aromatic carbocycles. The second-order valence-corrected chi connectivity index (χ2v) is 8.40. The third kappa shape index (κ3) is 3.82. The van der Waals surface area contributed by atoms with Crippen LogP contribution < -0.4 is 5.32 Å². The van der Waals surface area contributed by atoms with E-state index in [4.69, 9.17) is 5.11 Å². The number of aliphatic hydroxyl groups excluding tert-OH is 1. The number of aliphatic hydroxyl groups is 1. The number of allylic oxidation sites excluding steroid dienone is 1. The van der Waals surface area contributed by atoms with E-state index < -0.39 is 0 Å². The molecule has 154 valence electrons. The third-order valence-corrected chi connectivity index (χ3v) is 6.32. The largest absolute Gasteiger partial charge is 0.395 e. The molecule has 2 aliphatic carbocycles. The monoisotopic (exact) mass is 407 g/mol. The van der Waals surface area contributed by atoms with Crippen molar-refractivity contribution < 1.29 is 9.90 Å².